The van der Waals surface area contributed by atoms with Crippen molar-refractivity contribution in [3.8, 4) is 11.3 Å². The first-order valence-electron chi connectivity index (χ1n) is 10.9. The molecule has 0 radical (unpaired) electrons. The topological polar surface area (TPSA) is 84.4 Å². The number of fused-ring (bicyclic) bond motifs is 1. The predicted octanol–water partition coefficient (Wildman–Crippen LogP) is 5.42. The lowest BCUT2D eigenvalue weighted by Crippen LogP contribution is -2.29. The number of nitrogens with two attached hydrogens (primary N) is 1. The van der Waals surface area contributed by atoms with Gasteiger partial charge in [0.25, 0.3) is 5.91 Å². The van der Waals surface area contributed by atoms with Crippen LogP contribution in [0.2, 0.25) is 5.02 Å². The van der Waals surface area contributed by atoms with Crippen LogP contribution in [-0.2, 0) is 0 Å². The summed E-state index contributed by atoms with van der Waals surface area (Å²) >= 11 is 5.98. The molecule has 0 fully saturated rings. The number of hydrogen-bond acceptors (Lipinski definition) is 5. The number of nitrogens with zero attached hydrogens (tertiary/aromatic N) is 2. The summed E-state index contributed by atoms with van der Waals surface area (Å²) in [7, 11) is 4.01. The fourth-order valence-electron chi connectivity index (χ4n) is 3.67. The van der Waals surface area contributed by atoms with Crippen LogP contribution in [0.25, 0.3) is 22.1 Å². The molecule has 0 aliphatic carbocycles. The zero-order chi connectivity index (χ0) is 23.4. The van der Waals surface area contributed by atoms with E-state index in [1.807, 2.05) is 56.6 Å². The molecule has 170 valence electrons. The molecule has 0 saturated carbocycles. The molecule has 3 N–H and O–H groups in total. The molecule has 0 saturated heterocycles. The Labute approximate surface area is 198 Å². The quantitative estimate of drug-likeness (QED) is 0.365. The highest BCUT2D eigenvalue weighted by Gasteiger charge is 2.21. The molecule has 4 aromatic rings. The van der Waals surface area contributed by atoms with Crippen LogP contribution in [0.15, 0.2) is 71.3 Å². The molecule has 1 aromatic heterocycles. The predicted molar refractivity (Wildman–Crippen MR) is 134 cm³/mol. The highest BCUT2D eigenvalue weighted by molar-refractivity contribution is 6.30. The number of aromatic nitrogens is 1. The van der Waals surface area contributed by atoms with Crippen molar-refractivity contribution < 1.29 is 9.21 Å². The van der Waals surface area contributed by atoms with E-state index in [9.17, 15) is 4.79 Å². The van der Waals surface area contributed by atoms with E-state index in [0.717, 1.165) is 28.4 Å². The third-order valence-corrected chi connectivity index (χ3v) is 5.81. The van der Waals surface area contributed by atoms with Crippen LogP contribution >= 0.6 is 11.6 Å². The number of hydrogen-bond donors (Lipinski definition) is 2. The zero-order valence-electron chi connectivity index (χ0n) is 18.7. The van der Waals surface area contributed by atoms with E-state index < -0.39 is 0 Å². The lowest BCUT2D eigenvalue weighted by atomic mass is 10.0. The van der Waals surface area contributed by atoms with E-state index in [1.54, 1.807) is 18.3 Å². The molecule has 33 heavy (non-hydrogen) atoms. The Morgan fingerprint density at radius 1 is 1.09 bits per heavy atom. The Morgan fingerprint density at radius 3 is 2.55 bits per heavy atom. The Hall–Kier alpha value is -3.35. The van der Waals surface area contributed by atoms with Crippen molar-refractivity contribution in [3.05, 3.63) is 83.3 Å². The van der Waals surface area contributed by atoms with Gasteiger partial charge >= 0.3 is 0 Å². The zero-order valence-corrected chi connectivity index (χ0v) is 19.5. The lowest BCUT2D eigenvalue weighted by molar-refractivity contribution is 0.0927. The van der Waals surface area contributed by atoms with Gasteiger partial charge in [0.15, 0.2) is 5.76 Å². The van der Waals surface area contributed by atoms with Crippen molar-refractivity contribution in [2.24, 2.45) is 5.73 Å². The molecule has 6 nitrogen and oxygen atoms in total. The summed E-state index contributed by atoms with van der Waals surface area (Å²) in [6.45, 7) is 0.515. The van der Waals surface area contributed by atoms with E-state index in [2.05, 4.69) is 21.3 Å². The third-order valence-electron chi connectivity index (χ3n) is 5.56. The van der Waals surface area contributed by atoms with E-state index in [1.165, 1.54) is 0 Å². The monoisotopic (exact) mass is 462 g/mol. The van der Waals surface area contributed by atoms with Gasteiger partial charge in [-0.25, -0.2) is 4.98 Å². The minimum atomic E-state index is -0.381. The van der Waals surface area contributed by atoms with Crippen LogP contribution < -0.4 is 16.0 Å². The first kappa shape index (κ1) is 22.8. The van der Waals surface area contributed by atoms with Crippen LogP contribution in [0.1, 0.15) is 35.1 Å². The highest BCUT2D eigenvalue weighted by Crippen LogP contribution is 2.27. The van der Waals surface area contributed by atoms with Crippen LogP contribution in [-0.4, -0.2) is 31.5 Å². The molecule has 0 spiro atoms. The summed E-state index contributed by atoms with van der Waals surface area (Å²) in [5, 5.41) is 5.81. The Kier molecular flexibility index (Phi) is 6.96. The maximum Gasteiger partial charge on any atom is 0.251 e. The van der Waals surface area contributed by atoms with E-state index in [-0.39, 0.29) is 11.9 Å². The van der Waals surface area contributed by atoms with Crippen molar-refractivity contribution in [2.45, 2.75) is 18.9 Å². The van der Waals surface area contributed by atoms with Crippen molar-refractivity contribution in [2.75, 3.05) is 25.5 Å². The van der Waals surface area contributed by atoms with Gasteiger partial charge in [-0.1, -0.05) is 23.7 Å². The maximum absolute atomic E-state index is 13.1. The number of benzene rings is 3. The van der Waals surface area contributed by atoms with E-state index in [0.29, 0.717) is 35.2 Å². The largest absolute Gasteiger partial charge is 0.438 e. The third kappa shape index (κ3) is 5.35. The summed E-state index contributed by atoms with van der Waals surface area (Å²) in [5.74, 6) is 0.899. The molecular weight excluding hydrogens is 436 g/mol. The number of rotatable bonds is 8. The van der Waals surface area contributed by atoms with Crippen molar-refractivity contribution >= 4 is 34.0 Å². The number of amides is 1. The Morgan fingerprint density at radius 2 is 1.82 bits per heavy atom. The van der Waals surface area contributed by atoms with Gasteiger partial charge in [-0.3, -0.25) is 4.79 Å². The summed E-state index contributed by atoms with van der Waals surface area (Å²) in [4.78, 5) is 19.6. The molecule has 3 aromatic carbocycles. The average molecular weight is 463 g/mol. The molecule has 7 heteroatoms. The van der Waals surface area contributed by atoms with Gasteiger partial charge in [-0.15, -0.1) is 0 Å². The van der Waals surface area contributed by atoms with Crippen LogP contribution in [0.4, 0.5) is 5.69 Å². The Balaban J connectivity index is 1.55. The average Bonchev–Trinajstić information content (AvgIpc) is 3.31. The van der Waals surface area contributed by atoms with Gasteiger partial charge in [0.05, 0.1) is 6.20 Å². The molecule has 0 aliphatic heterocycles. The van der Waals surface area contributed by atoms with Gasteiger partial charge in [0.1, 0.15) is 6.04 Å². The number of anilines is 1. The summed E-state index contributed by atoms with van der Waals surface area (Å²) in [6, 6.07) is 18.8. The van der Waals surface area contributed by atoms with Crippen molar-refractivity contribution in [3.63, 3.8) is 0 Å². The maximum atomic E-state index is 13.1. The van der Waals surface area contributed by atoms with Crippen molar-refractivity contribution in [1.29, 1.82) is 0 Å². The Bertz CT molecular complexity index is 1250. The molecule has 1 atom stereocenters. The second kappa shape index (κ2) is 10.1. The fraction of sp³-hybridized carbons (Fsp3) is 0.231. The first-order chi connectivity index (χ1) is 15.9. The van der Waals surface area contributed by atoms with Gasteiger partial charge in [0, 0.05) is 35.9 Å². The minimum absolute atomic E-state index is 0.179. The summed E-state index contributed by atoms with van der Waals surface area (Å²) < 4.78 is 6.00. The normalized spacial score (nSPS) is 12.0. The minimum Gasteiger partial charge on any atom is -0.438 e. The SMILES string of the molecule is CN(C)c1ccc2cc(C(=O)NC(CCCN)c3ncc(-c4ccc(Cl)cc4)o3)ccc2c1. The summed E-state index contributed by atoms with van der Waals surface area (Å²) in [6.07, 6.45) is 3.02. The second-order valence-electron chi connectivity index (χ2n) is 8.17. The van der Waals surface area contributed by atoms with E-state index >= 15 is 0 Å². The number of carbonyl (C=O) groups excluding carboxylic acids is 1. The fourth-order valence-corrected chi connectivity index (χ4v) is 3.80. The van der Waals surface area contributed by atoms with Crippen LogP contribution in [0.3, 0.4) is 0 Å². The first-order valence-corrected chi connectivity index (χ1v) is 11.3. The molecule has 0 aliphatic rings. The smallest absolute Gasteiger partial charge is 0.251 e. The van der Waals surface area contributed by atoms with E-state index in [4.69, 9.17) is 21.8 Å². The molecule has 0 bridgehead atoms. The van der Waals surface area contributed by atoms with Gasteiger partial charge < -0.3 is 20.4 Å². The van der Waals surface area contributed by atoms with Gasteiger partial charge in [-0.2, -0.15) is 0 Å². The molecule has 1 amide bonds. The van der Waals surface area contributed by atoms with Gasteiger partial charge in [0.2, 0.25) is 5.89 Å². The van der Waals surface area contributed by atoms with Crippen LogP contribution in [0, 0.1) is 0 Å². The molecular formula is C26H27ClN4O2. The number of nitrogens with one attached hydrogen (secondary N) is 1. The van der Waals surface area contributed by atoms with Crippen molar-refractivity contribution in [1.82, 2.24) is 10.3 Å². The lowest BCUT2D eigenvalue weighted by Gasteiger charge is -2.16. The molecule has 4 rings (SSSR count). The number of oxazole rings is 1. The second-order valence-corrected chi connectivity index (χ2v) is 8.60. The molecule has 1 unspecified atom stereocenters. The number of carbonyl (C=O) groups is 1. The standard InChI is InChI=1S/C26H27ClN4O2/c1-31(2)22-12-9-18-14-20(6-5-19(18)15-22)25(32)30-23(4-3-13-28)26-29-16-24(33-26)17-7-10-21(27)11-8-17/h5-12,14-16,23H,3-4,13,28H2,1-2H3,(H,30,32). The van der Waals surface area contributed by atoms with Gasteiger partial charge in [-0.05, 0) is 78.7 Å². The highest BCUT2D eigenvalue weighted by atomic mass is 35.5. The molecule has 1 heterocycles. The summed E-state index contributed by atoms with van der Waals surface area (Å²) in [5.41, 5.74) is 8.29. The van der Waals surface area contributed by atoms with Crippen LogP contribution in [0.5, 0.6) is 0 Å². The number of halogens is 1.